The van der Waals surface area contributed by atoms with Crippen LogP contribution in [0.5, 0.6) is 0 Å². The van der Waals surface area contributed by atoms with Gasteiger partial charge in [0.05, 0.1) is 0 Å². The zero-order valence-electron chi connectivity index (χ0n) is 7.71. The van der Waals surface area contributed by atoms with Gasteiger partial charge in [0.15, 0.2) is 0 Å². The molecule has 1 rings (SSSR count). The maximum atomic E-state index is 5.61. The molecule has 0 aromatic carbocycles. The van der Waals surface area contributed by atoms with Gasteiger partial charge in [0.1, 0.15) is 0 Å². The molecule has 0 radical (unpaired) electrons. The molecule has 0 spiro atoms. The number of nitrogen functional groups attached to an aromatic ring is 1. The lowest BCUT2D eigenvalue weighted by molar-refractivity contribution is 0.401. The molecule has 0 aliphatic heterocycles. The van der Waals surface area contributed by atoms with Crippen molar-refractivity contribution in [1.29, 1.82) is 0 Å². The minimum absolute atomic E-state index is 0.903. The predicted octanol–water partition coefficient (Wildman–Crippen LogP) is 1.82. The SMILES string of the molecule is CN(C)CCCc1cc(N)cs1. The zero-order valence-corrected chi connectivity index (χ0v) is 8.53. The molecule has 1 aromatic rings. The molecule has 68 valence electrons. The van der Waals surface area contributed by atoms with Crippen LogP contribution in [-0.2, 0) is 6.42 Å². The van der Waals surface area contributed by atoms with Crippen LogP contribution < -0.4 is 5.73 Å². The van der Waals surface area contributed by atoms with Crippen LogP contribution in [0.2, 0.25) is 0 Å². The maximum absolute atomic E-state index is 5.61. The number of anilines is 1. The maximum Gasteiger partial charge on any atom is 0.0425 e. The summed E-state index contributed by atoms with van der Waals surface area (Å²) in [4.78, 5) is 3.60. The number of rotatable bonds is 4. The highest BCUT2D eigenvalue weighted by molar-refractivity contribution is 7.10. The van der Waals surface area contributed by atoms with E-state index in [1.807, 2.05) is 5.38 Å². The second-order valence-electron chi connectivity index (χ2n) is 3.25. The van der Waals surface area contributed by atoms with Gasteiger partial charge in [-0.2, -0.15) is 0 Å². The highest BCUT2D eigenvalue weighted by atomic mass is 32.1. The first kappa shape index (κ1) is 9.55. The van der Waals surface area contributed by atoms with Crippen molar-refractivity contribution in [3.05, 3.63) is 16.3 Å². The molecule has 1 aromatic heterocycles. The molecule has 0 unspecified atom stereocenters. The van der Waals surface area contributed by atoms with Gasteiger partial charge < -0.3 is 10.6 Å². The Kier molecular flexibility index (Phi) is 3.56. The van der Waals surface area contributed by atoms with Crippen LogP contribution in [0.1, 0.15) is 11.3 Å². The summed E-state index contributed by atoms with van der Waals surface area (Å²) in [6.45, 7) is 1.15. The van der Waals surface area contributed by atoms with Crippen molar-refractivity contribution >= 4 is 17.0 Å². The summed E-state index contributed by atoms with van der Waals surface area (Å²) in [7, 11) is 4.20. The summed E-state index contributed by atoms with van der Waals surface area (Å²) in [5.74, 6) is 0. The Hall–Kier alpha value is -0.540. The van der Waals surface area contributed by atoms with Gasteiger partial charge in [-0.15, -0.1) is 11.3 Å². The number of hydrogen-bond donors (Lipinski definition) is 1. The van der Waals surface area contributed by atoms with Crippen molar-refractivity contribution in [3.8, 4) is 0 Å². The fourth-order valence-electron chi connectivity index (χ4n) is 1.10. The minimum Gasteiger partial charge on any atom is -0.398 e. The van der Waals surface area contributed by atoms with Crippen LogP contribution in [0.4, 0.5) is 5.69 Å². The Bertz CT molecular complexity index is 230. The van der Waals surface area contributed by atoms with Gasteiger partial charge in [-0.25, -0.2) is 0 Å². The van der Waals surface area contributed by atoms with Gasteiger partial charge in [-0.3, -0.25) is 0 Å². The third-order valence-electron chi connectivity index (χ3n) is 1.70. The minimum atomic E-state index is 0.903. The molecule has 0 aliphatic carbocycles. The second kappa shape index (κ2) is 4.48. The average Bonchev–Trinajstić information content (AvgIpc) is 2.35. The van der Waals surface area contributed by atoms with Crippen LogP contribution in [-0.4, -0.2) is 25.5 Å². The van der Waals surface area contributed by atoms with E-state index in [0.717, 1.165) is 18.7 Å². The fraction of sp³-hybridized carbons (Fsp3) is 0.556. The normalized spacial score (nSPS) is 10.9. The molecule has 0 atom stereocenters. The summed E-state index contributed by atoms with van der Waals surface area (Å²) in [6.07, 6.45) is 2.37. The van der Waals surface area contributed by atoms with Gasteiger partial charge in [0.2, 0.25) is 0 Å². The molecule has 3 heteroatoms. The van der Waals surface area contributed by atoms with Crippen LogP contribution in [0.3, 0.4) is 0 Å². The Morgan fingerprint density at radius 1 is 1.50 bits per heavy atom. The molecule has 0 saturated carbocycles. The molecule has 0 amide bonds. The summed E-state index contributed by atoms with van der Waals surface area (Å²) in [5.41, 5.74) is 6.51. The number of aryl methyl sites for hydroxylation is 1. The van der Waals surface area contributed by atoms with Gasteiger partial charge >= 0.3 is 0 Å². The topological polar surface area (TPSA) is 29.3 Å². The summed E-state index contributed by atoms with van der Waals surface area (Å²) >= 11 is 1.76. The second-order valence-corrected chi connectivity index (χ2v) is 4.25. The molecular formula is C9H16N2S. The summed E-state index contributed by atoms with van der Waals surface area (Å²) < 4.78 is 0. The van der Waals surface area contributed by atoms with Crippen LogP contribution in [0.15, 0.2) is 11.4 Å². The monoisotopic (exact) mass is 184 g/mol. The van der Waals surface area contributed by atoms with Crippen molar-refractivity contribution < 1.29 is 0 Å². The third kappa shape index (κ3) is 3.24. The number of hydrogen-bond acceptors (Lipinski definition) is 3. The number of nitrogens with zero attached hydrogens (tertiary/aromatic N) is 1. The highest BCUT2D eigenvalue weighted by Gasteiger charge is 1.97. The fourth-order valence-corrected chi connectivity index (χ4v) is 1.92. The van der Waals surface area contributed by atoms with E-state index in [1.54, 1.807) is 11.3 Å². The van der Waals surface area contributed by atoms with E-state index in [-0.39, 0.29) is 0 Å². The average molecular weight is 184 g/mol. The molecule has 12 heavy (non-hydrogen) atoms. The van der Waals surface area contributed by atoms with E-state index in [9.17, 15) is 0 Å². The van der Waals surface area contributed by atoms with E-state index >= 15 is 0 Å². The Morgan fingerprint density at radius 3 is 2.75 bits per heavy atom. The van der Waals surface area contributed by atoms with Crippen LogP contribution in [0, 0.1) is 0 Å². The molecule has 2 nitrogen and oxygen atoms in total. The van der Waals surface area contributed by atoms with Crippen molar-refractivity contribution in [2.24, 2.45) is 0 Å². The van der Waals surface area contributed by atoms with Crippen molar-refractivity contribution in [3.63, 3.8) is 0 Å². The van der Waals surface area contributed by atoms with E-state index in [1.165, 1.54) is 11.3 Å². The van der Waals surface area contributed by atoms with E-state index in [4.69, 9.17) is 5.73 Å². The lowest BCUT2D eigenvalue weighted by Gasteiger charge is -2.07. The van der Waals surface area contributed by atoms with Crippen molar-refractivity contribution in [2.75, 3.05) is 26.4 Å². The predicted molar refractivity (Wildman–Crippen MR) is 55.6 cm³/mol. The van der Waals surface area contributed by atoms with Crippen LogP contribution >= 0.6 is 11.3 Å². The van der Waals surface area contributed by atoms with Gasteiger partial charge in [-0.1, -0.05) is 0 Å². The molecule has 0 aliphatic rings. The van der Waals surface area contributed by atoms with Gasteiger partial charge in [0, 0.05) is 15.9 Å². The number of thiophene rings is 1. The summed E-state index contributed by atoms with van der Waals surface area (Å²) in [6, 6.07) is 2.07. The van der Waals surface area contributed by atoms with Gasteiger partial charge in [-0.05, 0) is 39.5 Å². The lowest BCUT2D eigenvalue weighted by atomic mass is 10.2. The molecule has 0 saturated heterocycles. The highest BCUT2D eigenvalue weighted by Crippen LogP contribution is 2.17. The third-order valence-corrected chi connectivity index (χ3v) is 2.72. The van der Waals surface area contributed by atoms with E-state index in [2.05, 4.69) is 25.1 Å². The quantitative estimate of drug-likeness (QED) is 0.773. The van der Waals surface area contributed by atoms with Crippen LogP contribution in [0.25, 0.3) is 0 Å². The molecule has 0 fully saturated rings. The molecule has 2 N–H and O–H groups in total. The van der Waals surface area contributed by atoms with Gasteiger partial charge in [0.25, 0.3) is 0 Å². The standard InChI is InChI=1S/C9H16N2S/c1-11(2)5-3-4-9-6-8(10)7-12-9/h6-7H,3-5,10H2,1-2H3. The van der Waals surface area contributed by atoms with Crippen molar-refractivity contribution in [1.82, 2.24) is 4.90 Å². The molecule has 1 heterocycles. The van der Waals surface area contributed by atoms with Crippen molar-refractivity contribution in [2.45, 2.75) is 12.8 Å². The summed E-state index contributed by atoms with van der Waals surface area (Å²) in [5, 5.41) is 2.00. The van der Waals surface area contributed by atoms with E-state index in [0.29, 0.717) is 0 Å². The largest absolute Gasteiger partial charge is 0.398 e. The first-order valence-corrected chi connectivity index (χ1v) is 5.04. The molecule has 0 bridgehead atoms. The first-order valence-electron chi connectivity index (χ1n) is 4.16. The lowest BCUT2D eigenvalue weighted by Crippen LogP contribution is -2.13. The first-order chi connectivity index (χ1) is 5.68. The Balaban J connectivity index is 2.24. The smallest absolute Gasteiger partial charge is 0.0425 e. The molecular weight excluding hydrogens is 168 g/mol. The number of nitrogens with two attached hydrogens (primary N) is 1. The Morgan fingerprint density at radius 2 is 2.25 bits per heavy atom. The zero-order chi connectivity index (χ0) is 8.97. The van der Waals surface area contributed by atoms with E-state index < -0.39 is 0 Å². The Labute approximate surface area is 78.0 Å².